The third-order valence-corrected chi connectivity index (χ3v) is 16.6. The van der Waals surface area contributed by atoms with Crippen LogP contribution in [0, 0.1) is 0 Å². The van der Waals surface area contributed by atoms with Gasteiger partial charge in [0.15, 0.2) is 17.5 Å². The molecule has 290 valence electrons. The Morgan fingerprint density at radius 3 is 1.12 bits per heavy atom. The number of hydrogen-bond acceptors (Lipinski definition) is 4. The summed E-state index contributed by atoms with van der Waals surface area (Å²) in [6.07, 6.45) is 0. The van der Waals surface area contributed by atoms with Crippen molar-refractivity contribution >= 4 is 231 Å². The van der Waals surface area contributed by atoms with Crippen molar-refractivity contribution in [1.82, 2.24) is 15.0 Å². The van der Waals surface area contributed by atoms with Crippen LogP contribution >= 0.6 is 11.3 Å². The molecular weight excluding hydrogens is 777 g/mol. The molecule has 64 heavy (non-hydrogen) atoms. The van der Waals surface area contributed by atoms with Crippen LogP contribution in [0.2, 0.25) is 0 Å². The van der Waals surface area contributed by atoms with E-state index in [1.165, 1.54) is 130 Å². The van der Waals surface area contributed by atoms with E-state index >= 15 is 0 Å². The molecule has 0 saturated heterocycles. The third-order valence-electron chi connectivity index (χ3n) is 15.3. The van der Waals surface area contributed by atoms with Gasteiger partial charge in [0.2, 0.25) is 0 Å². The standard InChI is InChI=1S/C45H44B15N3S/c46-26-19(29(49)36(56)30(50)21(26)22-31(51)37(57)32(52)23-24-33(53)38(58)39(59)40(60)42(24)64-41(22)23)20-27(47)34(54)25(35(55)28(20)48)45-62-43(17-9-5-2-6-10-17)61-44(63-45)18-13-11-16(12-14-18)15-7-3-1-4-8-15/h1-14H,46-60H2. The number of aromatic nitrogens is 3. The lowest BCUT2D eigenvalue weighted by atomic mass is 9.56. The molecule has 0 unspecified atom stereocenters. The van der Waals surface area contributed by atoms with Gasteiger partial charge in [-0.05, 0) is 44.2 Å². The minimum atomic E-state index is 0.666. The zero-order chi connectivity index (χ0) is 45.6. The van der Waals surface area contributed by atoms with Gasteiger partial charge >= 0.3 is 0 Å². The molecule has 0 atom stereocenters. The molecule has 2 heterocycles. The van der Waals surface area contributed by atoms with Crippen LogP contribution in [0.3, 0.4) is 0 Å². The predicted molar refractivity (Wildman–Crippen MR) is 328 cm³/mol. The summed E-state index contributed by atoms with van der Waals surface area (Å²) in [7, 11) is 34.8. The van der Waals surface area contributed by atoms with Gasteiger partial charge in [-0.25, -0.2) is 15.0 Å². The number of benzene rings is 7. The predicted octanol–water partition coefficient (Wildman–Crippen LogP) is -13.9. The summed E-state index contributed by atoms with van der Waals surface area (Å²) >= 11 is 2.00. The Balaban J connectivity index is 1.27. The normalized spacial score (nSPS) is 11.4. The molecule has 0 aliphatic heterocycles. The first-order valence-corrected chi connectivity index (χ1v) is 23.5. The first-order valence-electron chi connectivity index (χ1n) is 22.6. The lowest BCUT2D eigenvalue weighted by Crippen LogP contribution is -2.51. The maximum absolute atomic E-state index is 5.30. The topological polar surface area (TPSA) is 38.7 Å². The van der Waals surface area contributed by atoms with Crippen molar-refractivity contribution in [3.05, 3.63) is 84.9 Å². The molecule has 0 spiro atoms. The van der Waals surface area contributed by atoms with Crippen LogP contribution in [0.15, 0.2) is 84.9 Å². The molecule has 0 amide bonds. The zero-order valence-corrected chi connectivity index (χ0v) is 41.1. The highest BCUT2D eigenvalue weighted by Gasteiger charge is 2.27. The van der Waals surface area contributed by atoms with Crippen LogP contribution in [-0.4, -0.2) is 133 Å². The molecule has 0 bridgehead atoms. The Hall–Kier alpha value is -5.26. The van der Waals surface area contributed by atoms with Crippen molar-refractivity contribution < 1.29 is 0 Å². The van der Waals surface area contributed by atoms with Crippen molar-refractivity contribution in [3.63, 3.8) is 0 Å². The average molecular weight is 821 g/mol. The van der Waals surface area contributed by atoms with E-state index in [1.807, 2.05) is 29.5 Å². The van der Waals surface area contributed by atoms with Gasteiger partial charge in [-0.1, -0.05) is 145 Å². The number of fused-ring (bicyclic) bond motifs is 3. The monoisotopic (exact) mass is 823 g/mol. The lowest BCUT2D eigenvalue weighted by Gasteiger charge is -2.29. The van der Waals surface area contributed by atoms with Crippen molar-refractivity contribution in [1.29, 1.82) is 0 Å². The van der Waals surface area contributed by atoms with Crippen LogP contribution in [0.5, 0.6) is 0 Å². The number of rotatable bonds is 6. The average Bonchev–Trinajstić information content (AvgIpc) is 3.71. The highest BCUT2D eigenvalue weighted by Crippen LogP contribution is 2.35. The first-order chi connectivity index (χ1) is 30.5. The van der Waals surface area contributed by atoms with Crippen LogP contribution in [-0.2, 0) is 0 Å². The Morgan fingerprint density at radius 1 is 0.250 bits per heavy atom. The van der Waals surface area contributed by atoms with E-state index in [1.54, 1.807) is 0 Å². The van der Waals surface area contributed by atoms with E-state index in [0.717, 1.165) is 22.3 Å². The molecule has 0 radical (unpaired) electrons. The van der Waals surface area contributed by atoms with E-state index in [4.69, 9.17) is 15.0 Å². The van der Waals surface area contributed by atoms with Gasteiger partial charge < -0.3 is 0 Å². The summed E-state index contributed by atoms with van der Waals surface area (Å²) < 4.78 is 2.84. The fourth-order valence-corrected chi connectivity index (χ4v) is 12.1. The first kappa shape index (κ1) is 44.0. The van der Waals surface area contributed by atoms with Gasteiger partial charge in [0.25, 0.3) is 0 Å². The van der Waals surface area contributed by atoms with Gasteiger partial charge in [-0.15, -0.1) is 33.2 Å². The minimum Gasteiger partial charge on any atom is -0.208 e. The maximum Gasteiger partial charge on any atom is 0.164 e. The Kier molecular flexibility index (Phi) is 11.4. The highest BCUT2D eigenvalue weighted by atomic mass is 32.1. The number of thiophene rings is 1. The fourth-order valence-electron chi connectivity index (χ4n) is 10.5. The summed E-state index contributed by atoms with van der Waals surface area (Å²) in [6, 6.07) is 29.4. The molecule has 0 aliphatic rings. The SMILES string of the molecule is Bc1c(B)c(-c2c(B)c(B)c(-c3nc(-c4ccccc4)nc(-c4ccc(-c5ccccc5)cc4)n3)c(B)c2B)c(B)c(-c2c(B)c(B)c(B)c3c2sc2c(B)c(B)c(B)c(B)c23)c1B. The molecule has 0 N–H and O–H groups in total. The van der Waals surface area contributed by atoms with Gasteiger partial charge in [0.1, 0.15) is 118 Å². The fraction of sp³-hybridized carbons (Fsp3) is 0. The van der Waals surface area contributed by atoms with Crippen molar-refractivity contribution in [2.75, 3.05) is 0 Å². The molecule has 9 rings (SSSR count). The molecule has 0 saturated carbocycles. The van der Waals surface area contributed by atoms with Crippen LogP contribution < -0.4 is 81.9 Å². The molecule has 0 aliphatic carbocycles. The Morgan fingerprint density at radius 2 is 0.578 bits per heavy atom. The van der Waals surface area contributed by atoms with Gasteiger partial charge in [-0.2, -0.15) is 0 Å². The van der Waals surface area contributed by atoms with Crippen molar-refractivity contribution in [3.8, 4) is 67.5 Å². The van der Waals surface area contributed by atoms with E-state index < -0.39 is 0 Å². The second-order valence-corrected chi connectivity index (χ2v) is 19.4. The molecular formula is C45H44B15N3S. The Bertz CT molecular complexity index is 3410. The molecule has 9 aromatic rings. The quantitative estimate of drug-likeness (QED) is 0.157. The van der Waals surface area contributed by atoms with Gasteiger partial charge in [0.05, 0.1) is 0 Å². The Labute approximate surface area is 396 Å². The molecule has 19 heteroatoms. The van der Waals surface area contributed by atoms with Crippen molar-refractivity contribution in [2.45, 2.75) is 0 Å². The largest absolute Gasteiger partial charge is 0.208 e. The molecule has 0 fully saturated rings. The zero-order valence-electron chi connectivity index (χ0n) is 40.3. The summed E-state index contributed by atoms with van der Waals surface area (Å²) in [6.45, 7) is 0. The van der Waals surface area contributed by atoms with Crippen molar-refractivity contribution in [2.24, 2.45) is 0 Å². The lowest BCUT2D eigenvalue weighted by molar-refractivity contribution is 1.08. The summed E-state index contributed by atoms with van der Waals surface area (Å²) in [4.78, 5) is 15.7. The number of hydrogen-bond donors (Lipinski definition) is 0. The van der Waals surface area contributed by atoms with Crippen LogP contribution in [0.25, 0.3) is 87.7 Å². The van der Waals surface area contributed by atoms with E-state index in [0.29, 0.717) is 17.5 Å². The van der Waals surface area contributed by atoms with Gasteiger partial charge in [-0.3, -0.25) is 0 Å². The summed E-state index contributed by atoms with van der Waals surface area (Å²) in [5.41, 5.74) is 30.9. The van der Waals surface area contributed by atoms with E-state index in [9.17, 15) is 0 Å². The second kappa shape index (κ2) is 16.6. The van der Waals surface area contributed by atoms with Crippen LogP contribution in [0.1, 0.15) is 0 Å². The highest BCUT2D eigenvalue weighted by molar-refractivity contribution is 7.28. The van der Waals surface area contributed by atoms with E-state index in [2.05, 4.69) is 184 Å². The molecule has 3 nitrogen and oxygen atoms in total. The second-order valence-electron chi connectivity index (χ2n) is 18.4. The van der Waals surface area contributed by atoms with Crippen LogP contribution in [0.4, 0.5) is 0 Å². The maximum atomic E-state index is 5.30. The smallest absolute Gasteiger partial charge is 0.164 e. The summed E-state index contributed by atoms with van der Waals surface area (Å²) in [5.74, 6) is 2.04. The molecule has 7 aromatic carbocycles. The van der Waals surface area contributed by atoms with E-state index in [-0.39, 0.29) is 0 Å². The molecule has 2 aromatic heterocycles. The minimum absolute atomic E-state index is 0.666. The van der Waals surface area contributed by atoms with Gasteiger partial charge in [0, 0.05) is 26.1 Å². The third kappa shape index (κ3) is 6.82. The number of nitrogens with zero attached hydrogens (tertiary/aromatic N) is 3. The summed E-state index contributed by atoms with van der Waals surface area (Å²) in [5, 5.41) is 2.87.